The molecule has 0 aliphatic rings. The maximum Gasteiger partial charge on any atom is 0.288 e. The first kappa shape index (κ1) is 15.2. The van der Waals surface area contributed by atoms with Gasteiger partial charge in [-0.05, 0) is 36.8 Å². The second kappa shape index (κ2) is 6.05. The average molecular weight is 313 g/mol. The summed E-state index contributed by atoms with van der Waals surface area (Å²) < 4.78 is 26.3. The zero-order chi connectivity index (χ0) is 15.6. The molecule has 1 N–H and O–H groups in total. The number of nitro benzene ring substituents is 1. The number of nitro groups is 1. The van der Waals surface area contributed by atoms with Gasteiger partial charge in [-0.25, -0.2) is 8.78 Å². The summed E-state index contributed by atoms with van der Waals surface area (Å²) in [6, 6.07) is 6.97. The molecule has 21 heavy (non-hydrogen) atoms. The highest BCUT2D eigenvalue weighted by Crippen LogP contribution is 2.29. The van der Waals surface area contributed by atoms with Crippen molar-refractivity contribution in [1.29, 1.82) is 0 Å². The van der Waals surface area contributed by atoms with Crippen LogP contribution < -0.4 is 5.32 Å². The molecular formula is C14H11ClF2N2O2. The van der Waals surface area contributed by atoms with E-state index in [-0.39, 0.29) is 10.7 Å². The Kier molecular flexibility index (Phi) is 4.37. The van der Waals surface area contributed by atoms with Crippen LogP contribution in [0.3, 0.4) is 0 Å². The normalized spacial score (nSPS) is 12.0. The second-order valence-corrected chi connectivity index (χ2v) is 4.90. The molecule has 0 aromatic heterocycles. The Balaban J connectivity index is 2.21. The van der Waals surface area contributed by atoms with E-state index in [0.29, 0.717) is 11.3 Å². The van der Waals surface area contributed by atoms with Crippen LogP contribution >= 0.6 is 11.6 Å². The summed E-state index contributed by atoms with van der Waals surface area (Å²) in [6.45, 7) is 1.71. The maximum atomic E-state index is 13.2. The molecule has 0 aliphatic carbocycles. The highest BCUT2D eigenvalue weighted by molar-refractivity contribution is 6.32. The fourth-order valence-corrected chi connectivity index (χ4v) is 2.15. The molecule has 0 bridgehead atoms. The number of hydrogen-bond donors (Lipinski definition) is 1. The molecule has 2 rings (SSSR count). The third-order valence-electron chi connectivity index (χ3n) is 2.91. The molecule has 0 heterocycles. The minimum Gasteiger partial charge on any atom is -0.378 e. The predicted octanol–water partition coefficient (Wildman–Crippen LogP) is 4.70. The molecule has 0 saturated carbocycles. The van der Waals surface area contributed by atoms with Crippen LogP contribution in [-0.4, -0.2) is 4.92 Å². The van der Waals surface area contributed by atoms with Gasteiger partial charge >= 0.3 is 0 Å². The number of benzene rings is 2. The number of nitrogens with zero attached hydrogens (tertiary/aromatic N) is 1. The van der Waals surface area contributed by atoms with E-state index in [9.17, 15) is 18.9 Å². The van der Waals surface area contributed by atoms with Gasteiger partial charge in [-0.1, -0.05) is 11.6 Å². The summed E-state index contributed by atoms with van der Waals surface area (Å²) in [7, 11) is 0. The van der Waals surface area contributed by atoms with E-state index in [1.807, 2.05) is 0 Å². The monoisotopic (exact) mass is 312 g/mol. The third-order valence-corrected chi connectivity index (χ3v) is 3.22. The topological polar surface area (TPSA) is 55.2 Å². The van der Waals surface area contributed by atoms with Gasteiger partial charge in [0, 0.05) is 23.9 Å². The first-order chi connectivity index (χ1) is 9.86. The molecule has 1 atom stereocenters. The van der Waals surface area contributed by atoms with Gasteiger partial charge in [-0.2, -0.15) is 0 Å². The van der Waals surface area contributed by atoms with Crippen LogP contribution in [0.5, 0.6) is 0 Å². The molecule has 0 amide bonds. The van der Waals surface area contributed by atoms with Crippen molar-refractivity contribution in [2.24, 2.45) is 0 Å². The van der Waals surface area contributed by atoms with Crippen LogP contribution in [0.15, 0.2) is 36.4 Å². The first-order valence-electron chi connectivity index (χ1n) is 6.03. The molecule has 7 heteroatoms. The van der Waals surface area contributed by atoms with E-state index in [1.54, 1.807) is 6.92 Å². The molecule has 0 spiro atoms. The van der Waals surface area contributed by atoms with Crippen molar-refractivity contribution < 1.29 is 13.7 Å². The molecule has 2 aromatic rings. The fourth-order valence-electron chi connectivity index (χ4n) is 1.90. The zero-order valence-corrected chi connectivity index (χ0v) is 11.7. The van der Waals surface area contributed by atoms with E-state index in [2.05, 4.69) is 5.32 Å². The van der Waals surface area contributed by atoms with Gasteiger partial charge in [0.2, 0.25) is 0 Å². The van der Waals surface area contributed by atoms with Gasteiger partial charge in [0.25, 0.3) is 5.69 Å². The van der Waals surface area contributed by atoms with Gasteiger partial charge in [0.1, 0.15) is 16.7 Å². The summed E-state index contributed by atoms with van der Waals surface area (Å²) >= 11 is 5.80. The summed E-state index contributed by atoms with van der Waals surface area (Å²) in [5.74, 6) is -1.33. The summed E-state index contributed by atoms with van der Waals surface area (Å²) in [5.41, 5.74) is 0.733. The third kappa shape index (κ3) is 3.66. The van der Waals surface area contributed by atoms with Gasteiger partial charge in [-0.3, -0.25) is 10.1 Å². The Labute approximate surface area is 124 Å². The van der Waals surface area contributed by atoms with Gasteiger partial charge < -0.3 is 5.32 Å². The Morgan fingerprint density at radius 2 is 1.81 bits per heavy atom. The Morgan fingerprint density at radius 3 is 2.33 bits per heavy atom. The van der Waals surface area contributed by atoms with E-state index in [0.717, 1.165) is 6.07 Å². The smallest absolute Gasteiger partial charge is 0.288 e. The minimum absolute atomic E-state index is 0.0115. The van der Waals surface area contributed by atoms with Gasteiger partial charge in [0.05, 0.1) is 4.92 Å². The van der Waals surface area contributed by atoms with Crippen molar-refractivity contribution in [3.8, 4) is 0 Å². The van der Waals surface area contributed by atoms with Crippen molar-refractivity contribution in [3.05, 3.63) is 68.7 Å². The largest absolute Gasteiger partial charge is 0.378 e. The molecule has 0 aliphatic heterocycles. The van der Waals surface area contributed by atoms with Crippen molar-refractivity contribution in [1.82, 2.24) is 0 Å². The van der Waals surface area contributed by atoms with E-state index in [4.69, 9.17) is 11.6 Å². The second-order valence-electron chi connectivity index (χ2n) is 4.49. The molecule has 110 valence electrons. The van der Waals surface area contributed by atoms with Crippen LogP contribution in [-0.2, 0) is 0 Å². The number of hydrogen-bond acceptors (Lipinski definition) is 3. The molecule has 0 fully saturated rings. The number of halogens is 3. The highest BCUT2D eigenvalue weighted by Gasteiger charge is 2.14. The highest BCUT2D eigenvalue weighted by atomic mass is 35.5. The van der Waals surface area contributed by atoms with E-state index in [1.165, 1.54) is 30.3 Å². The van der Waals surface area contributed by atoms with Crippen molar-refractivity contribution in [3.63, 3.8) is 0 Å². The lowest BCUT2D eigenvalue weighted by Gasteiger charge is -2.16. The lowest BCUT2D eigenvalue weighted by molar-refractivity contribution is -0.384. The van der Waals surface area contributed by atoms with Gasteiger partial charge in [0.15, 0.2) is 0 Å². The lowest BCUT2D eigenvalue weighted by atomic mass is 10.1. The Hall–Kier alpha value is -2.21. The van der Waals surface area contributed by atoms with Crippen molar-refractivity contribution in [2.75, 3.05) is 5.32 Å². The molecule has 0 saturated heterocycles. The number of anilines is 1. The Bertz CT molecular complexity index is 674. The van der Waals surface area contributed by atoms with E-state index < -0.39 is 22.6 Å². The number of nitrogens with one attached hydrogen (secondary N) is 1. The standard InChI is InChI=1S/C14H11ClF2N2O2/c1-8(9-4-10(16)6-11(17)5-9)18-12-2-3-14(19(20)21)13(15)7-12/h2-8,18H,1H3. The molecule has 1 unspecified atom stereocenters. The summed E-state index contributed by atoms with van der Waals surface area (Å²) in [5, 5.41) is 13.6. The van der Waals surface area contributed by atoms with Crippen LogP contribution in [0, 0.1) is 21.7 Å². The quantitative estimate of drug-likeness (QED) is 0.657. The predicted molar refractivity (Wildman–Crippen MR) is 76.5 cm³/mol. The molecular weight excluding hydrogens is 302 g/mol. The lowest BCUT2D eigenvalue weighted by Crippen LogP contribution is -2.07. The molecule has 2 aromatic carbocycles. The zero-order valence-electron chi connectivity index (χ0n) is 10.9. The summed E-state index contributed by atoms with van der Waals surface area (Å²) in [4.78, 5) is 10.1. The van der Waals surface area contributed by atoms with Crippen LogP contribution in [0.1, 0.15) is 18.5 Å². The van der Waals surface area contributed by atoms with Crippen LogP contribution in [0.4, 0.5) is 20.2 Å². The van der Waals surface area contributed by atoms with Crippen LogP contribution in [0.25, 0.3) is 0 Å². The van der Waals surface area contributed by atoms with E-state index >= 15 is 0 Å². The van der Waals surface area contributed by atoms with Crippen LogP contribution in [0.2, 0.25) is 5.02 Å². The molecule has 0 radical (unpaired) electrons. The molecule has 4 nitrogen and oxygen atoms in total. The Morgan fingerprint density at radius 1 is 1.19 bits per heavy atom. The maximum absolute atomic E-state index is 13.2. The minimum atomic E-state index is -0.666. The summed E-state index contributed by atoms with van der Waals surface area (Å²) in [6.07, 6.45) is 0. The van der Waals surface area contributed by atoms with Crippen molar-refractivity contribution >= 4 is 23.0 Å². The number of rotatable bonds is 4. The fraction of sp³-hybridized carbons (Fsp3) is 0.143. The van der Waals surface area contributed by atoms with Gasteiger partial charge in [-0.15, -0.1) is 0 Å². The van der Waals surface area contributed by atoms with Crippen molar-refractivity contribution in [2.45, 2.75) is 13.0 Å². The SMILES string of the molecule is CC(Nc1ccc([N+](=O)[O-])c(Cl)c1)c1cc(F)cc(F)c1. The average Bonchev–Trinajstić information content (AvgIpc) is 2.37. The first-order valence-corrected chi connectivity index (χ1v) is 6.41.